The van der Waals surface area contributed by atoms with Crippen molar-refractivity contribution >= 4 is 35.2 Å². The van der Waals surface area contributed by atoms with Gasteiger partial charge in [0.15, 0.2) is 5.78 Å². The first-order chi connectivity index (χ1) is 19.0. The number of aromatic nitrogens is 1. The quantitative estimate of drug-likeness (QED) is 0.470. The number of thioether (sulfide) groups is 1. The predicted octanol–water partition coefficient (Wildman–Crippen LogP) is 4.28. The van der Waals surface area contributed by atoms with E-state index in [1.165, 1.54) is 17.8 Å². The monoisotopic (exact) mass is 543 g/mol. The van der Waals surface area contributed by atoms with Crippen LogP contribution in [0.3, 0.4) is 0 Å². The Morgan fingerprint density at radius 1 is 1.18 bits per heavy atom. The molecule has 8 nitrogen and oxygen atoms in total. The van der Waals surface area contributed by atoms with Gasteiger partial charge in [0.05, 0.1) is 27.7 Å². The highest BCUT2D eigenvalue weighted by molar-refractivity contribution is 8.04. The van der Waals surface area contributed by atoms with E-state index in [1.54, 1.807) is 6.20 Å². The van der Waals surface area contributed by atoms with Crippen LogP contribution in [0.5, 0.6) is 0 Å². The van der Waals surface area contributed by atoms with Gasteiger partial charge < -0.3 is 16.0 Å². The normalized spacial score (nSPS) is 28.0. The summed E-state index contributed by atoms with van der Waals surface area (Å²) in [4.78, 5) is 46.5. The van der Waals surface area contributed by atoms with Gasteiger partial charge in [0.2, 0.25) is 0 Å². The van der Waals surface area contributed by atoms with Crippen LogP contribution in [0.2, 0.25) is 0 Å². The number of allylic oxidation sites excluding steroid dienone is 1. The number of anilines is 1. The molecule has 4 aliphatic rings. The number of hydrogen-bond donors (Lipinski definition) is 3. The zero-order valence-corrected chi connectivity index (χ0v) is 22.8. The lowest BCUT2D eigenvalue weighted by Crippen LogP contribution is -2.62. The Kier molecular flexibility index (Phi) is 7.03. The summed E-state index contributed by atoms with van der Waals surface area (Å²) < 4.78 is 0. The maximum atomic E-state index is 13.7. The minimum Gasteiger partial charge on any atom is -0.349 e. The van der Waals surface area contributed by atoms with Crippen LogP contribution in [-0.4, -0.2) is 46.7 Å². The van der Waals surface area contributed by atoms with Crippen molar-refractivity contribution in [3.63, 3.8) is 0 Å². The minimum absolute atomic E-state index is 0.000199. The van der Waals surface area contributed by atoms with Gasteiger partial charge in [0, 0.05) is 35.3 Å². The summed E-state index contributed by atoms with van der Waals surface area (Å²) in [6, 6.07) is 11.5. The number of amides is 3. The van der Waals surface area contributed by atoms with Gasteiger partial charge in [-0.3, -0.25) is 19.5 Å². The van der Waals surface area contributed by atoms with Crippen molar-refractivity contribution in [2.45, 2.75) is 56.5 Å². The van der Waals surface area contributed by atoms with E-state index in [-0.39, 0.29) is 47.0 Å². The fourth-order valence-electron chi connectivity index (χ4n) is 6.57. The Labute approximate surface area is 232 Å². The molecule has 2 saturated heterocycles. The van der Waals surface area contributed by atoms with E-state index < -0.39 is 0 Å². The van der Waals surface area contributed by atoms with E-state index in [1.807, 2.05) is 48.2 Å². The number of carbonyl (C=O) groups is 3. The third-order valence-electron chi connectivity index (χ3n) is 8.44. The number of pyridine rings is 1. The van der Waals surface area contributed by atoms with Crippen molar-refractivity contribution in [2.24, 2.45) is 11.8 Å². The largest absolute Gasteiger partial charge is 0.349 e. The summed E-state index contributed by atoms with van der Waals surface area (Å²) in [7, 11) is 0. The summed E-state index contributed by atoms with van der Waals surface area (Å²) in [6.07, 6.45) is 7.14. The molecule has 1 aromatic carbocycles. The molecule has 6 rings (SSSR count). The first-order valence-electron chi connectivity index (χ1n) is 13.7. The first kappa shape index (κ1) is 25.8. The highest BCUT2D eigenvalue weighted by Gasteiger charge is 2.52. The molecule has 202 valence electrons. The van der Waals surface area contributed by atoms with E-state index in [0.717, 1.165) is 54.7 Å². The Morgan fingerprint density at radius 2 is 2.00 bits per heavy atom. The third-order valence-corrected chi connectivity index (χ3v) is 9.80. The number of ketones is 1. The van der Waals surface area contributed by atoms with E-state index in [9.17, 15) is 14.4 Å². The van der Waals surface area contributed by atoms with Crippen LogP contribution < -0.4 is 20.9 Å². The summed E-state index contributed by atoms with van der Waals surface area (Å²) in [5, 5.41) is 9.84. The topological polar surface area (TPSA) is 103 Å². The minimum atomic E-state index is -0.220. The maximum Gasteiger partial charge on any atom is 0.326 e. The van der Waals surface area contributed by atoms with Gasteiger partial charge in [0.1, 0.15) is 0 Å². The number of rotatable bonds is 6. The number of nitrogens with zero attached hydrogens (tertiary/aromatic N) is 2. The molecule has 3 aliphatic heterocycles. The molecule has 3 fully saturated rings. The van der Waals surface area contributed by atoms with Gasteiger partial charge in [-0.15, -0.1) is 0 Å². The fourth-order valence-corrected chi connectivity index (χ4v) is 7.97. The zero-order valence-electron chi connectivity index (χ0n) is 22.0. The van der Waals surface area contributed by atoms with Gasteiger partial charge in [-0.1, -0.05) is 55.1 Å². The van der Waals surface area contributed by atoms with Crippen LogP contribution in [0, 0.1) is 18.8 Å². The molecule has 1 aromatic heterocycles. The molecular weight excluding hydrogens is 510 g/mol. The lowest BCUT2D eigenvalue weighted by atomic mass is 9.83. The standard InChI is InChI=1S/C30H33N5O3S/c1-3-23(36)19-10-7-11-20(16-19)33-28(37)27-26-24-22(13-15-32-29(24)39-27)35(30(38)34-26)21-12-14-31-25(17(21)2)18-8-5-4-6-9-18/h3-6,8-9,12,14,19-20,22,24,29,32H,1,7,10-11,13,15-16H2,2H3,(H,33,37)(H,34,38)/t19?,20-,22?,24?,29?/m1/s1. The van der Waals surface area contributed by atoms with Crippen molar-refractivity contribution < 1.29 is 14.4 Å². The summed E-state index contributed by atoms with van der Waals surface area (Å²) in [5.41, 5.74) is 4.37. The van der Waals surface area contributed by atoms with Crippen molar-refractivity contribution in [2.75, 3.05) is 11.4 Å². The molecule has 9 heteroatoms. The number of piperidine rings is 1. The van der Waals surface area contributed by atoms with Crippen LogP contribution >= 0.6 is 11.8 Å². The van der Waals surface area contributed by atoms with Gasteiger partial charge in [0.25, 0.3) is 5.91 Å². The van der Waals surface area contributed by atoms with E-state index >= 15 is 0 Å². The Hall–Kier alpha value is -3.43. The highest BCUT2D eigenvalue weighted by atomic mass is 32.2. The van der Waals surface area contributed by atoms with Crippen molar-refractivity contribution in [1.82, 2.24) is 20.9 Å². The Morgan fingerprint density at radius 3 is 2.79 bits per heavy atom. The molecule has 39 heavy (non-hydrogen) atoms. The number of hydrogen-bond acceptors (Lipinski definition) is 6. The van der Waals surface area contributed by atoms with Crippen LogP contribution in [-0.2, 0) is 9.59 Å². The van der Waals surface area contributed by atoms with E-state index in [4.69, 9.17) is 0 Å². The lowest BCUT2D eigenvalue weighted by molar-refractivity contribution is -0.121. The summed E-state index contributed by atoms with van der Waals surface area (Å²) >= 11 is 1.50. The Balaban J connectivity index is 1.27. The van der Waals surface area contributed by atoms with E-state index in [0.29, 0.717) is 17.0 Å². The lowest BCUT2D eigenvalue weighted by Gasteiger charge is -2.46. The molecule has 2 aromatic rings. The second-order valence-electron chi connectivity index (χ2n) is 10.7. The van der Waals surface area contributed by atoms with Gasteiger partial charge in [-0.2, -0.15) is 0 Å². The third kappa shape index (κ3) is 4.67. The van der Waals surface area contributed by atoms with Gasteiger partial charge >= 0.3 is 6.03 Å². The second-order valence-corrected chi connectivity index (χ2v) is 11.9. The van der Waals surface area contributed by atoms with Crippen molar-refractivity contribution in [1.29, 1.82) is 0 Å². The fraction of sp³-hybridized carbons (Fsp3) is 0.400. The maximum absolute atomic E-state index is 13.7. The number of benzene rings is 1. The van der Waals surface area contributed by atoms with Gasteiger partial charge in [-0.05, 0) is 56.9 Å². The van der Waals surface area contributed by atoms with Crippen LogP contribution in [0.25, 0.3) is 11.3 Å². The average molecular weight is 544 g/mol. The smallest absolute Gasteiger partial charge is 0.326 e. The molecule has 0 spiro atoms. The predicted molar refractivity (Wildman–Crippen MR) is 153 cm³/mol. The van der Waals surface area contributed by atoms with Crippen LogP contribution in [0.1, 0.15) is 37.7 Å². The molecular formula is C30H33N5O3S. The molecule has 4 unspecified atom stereocenters. The molecule has 5 atom stereocenters. The molecule has 1 saturated carbocycles. The molecule has 1 aliphatic carbocycles. The average Bonchev–Trinajstić information content (AvgIpc) is 3.33. The van der Waals surface area contributed by atoms with E-state index in [2.05, 4.69) is 27.5 Å². The second kappa shape index (κ2) is 10.6. The molecule has 0 bridgehead atoms. The first-order valence-corrected chi connectivity index (χ1v) is 14.6. The molecule has 3 amide bonds. The number of nitrogens with one attached hydrogen (secondary N) is 3. The van der Waals surface area contributed by atoms with Gasteiger partial charge in [-0.25, -0.2) is 4.79 Å². The molecule has 0 radical (unpaired) electrons. The summed E-state index contributed by atoms with van der Waals surface area (Å²) in [5.74, 6) is -0.236. The Bertz CT molecular complexity index is 1360. The SMILES string of the molecule is C=CC(=O)C1CCC[C@@H](NC(=O)C2=C3NC(=O)N(c4ccnc(-c5ccccc5)c4C)C4CCNC(S2)C34)C1. The zero-order chi connectivity index (χ0) is 27.1. The summed E-state index contributed by atoms with van der Waals surface area (Å²) in [6.45, 7) is 6.39. The van der Waals surface area contributed by atoms with Crippen LogP contribution in [0.4, 0.5) is 10.5 Å². The van der Waals surface area contributed by atoms with Crippen LogP contribution in [0.15, 0.2) is 65.9 Å². The van der Waals surface area contributed by atoms with Crippen molar-refractivity contribution in [3.05, 3.63) is 71.4 Å². The van der Waals surface area contributed by atoms with Crippen molar-refractivity contribution in [3.8, 4) is 11.3 Å². The number of carbonyl (C=O) groups excluding carboxylic acids is 3. The molecule has 3 N–H and O–H groups in total. The number of urea groups is 1. The highest BCUT2D eigenvalue weighted by Crippen LogP contribution is 2.48. The molecule has 4 heterocycles.